The van der Waals surface area contributed by atoms with Crippen molar-refractivity contribution in [3.8, 4) is 17.6 Å². The number of nitriles is 1. The molecule has 0 saturated carbocycles. The van der Waals surface area contributed by atoms with Crippen LogP contribution >= 0.6 is 0 Å². The predicted octanol–water partition coefficient (Wildman–Crippen LogP) is 6.98. The number of hydrogen-bond donors (Lipinski definition) is 1. The van der Waals surface area contributed by atoms with Gasteiger partial charge in [-0.15, -0.1) is 0 Å². The van der Waals surface area contributed by atoms with Gasteiger partial charge in [-0.2, -0.15) is 5.26 Å². The van der Waals surface area contributed by atoms with Crippen LogP contribution in [0.3, 0.4) is 0 Å². The summed E-state index contributed by atoms with van der Waals surface area (Å²) in [6, 6.07) is 21.7. The molecule has 3 aromatic carbocycles. The molecule has 37 heavy (non-hydrogen) atoms. The smallest absolute Gasteiger partial charge is 0.168 e. The second kappa shape index (κ2) is 12.1. The lowest BCUT2D eigenvalue weighted by Gasteiger charge is -2.13. The first-order valence-electron chi connectivity index (χ1n) is 11.2. The predicted molar refractivity (Wildman–Crippen MR) is 140 cm³/mol. The Hall–Kier alpha value is -5.03. The van der Waals surface area contributed by atoms with Crippen LogP contribution in [0.5, 0.6) is 11.5 Å². The fourth-order valence-corrected chi connectivity index (χ4v) is 3.40. The van der Waals surface area contributed by atoms with Crippen LogP contribution in [0.4, 0.5) is 26.0 Å². The molecular weight excluding hydrogens is 474 g/mol. The Morgan fingerprint density at radius 2 is 1.92 bits per heavy atom. The molecule has 0 atom stereocenters. The zero-order chi connectivity index (χ0) is 26.0. The molecule has 184 valence electrons. The Labute approximate surface area is 213 Å². The topological polar surface area (TPSA) is 79.5 Å². The maximum atomic E-state index is 14.0. The highest BCUT2D eigenvalue weighted by Gasteiger charge is 2.11. The van der Waals surface area contributed by atoms with E-state index in [1.54, 1.807) is 36.6 Å². The number of aromatic nitrogens is 1. The highest BCUT2D eigenvalue weighted by molar-refractivity contribution is 5.84. The van der Waals surface area contributed by atoms with Crippen molar-refractivity contribution in [1.29, 1.82) is 5.26 Å². The van der Waals surface area contributed by atoms with Crippen LogP contribution in [0.25, 0.3) is 6.08 Å². The van der Waals surface area contributed by atoms with Crippen molar-refractivity contribution in [2.75, 3.05) is 12.4 Å². The molecule has 0 aliphatic heterocycles. The highest BCUT2D eigenvalue weighted by Crippen LogP contribution is 2.33. The van der Waals surface area contributed by atoms with Gasteiger partial charge in [-0.3, -0.25) is 4.99 Å². The van der Waals surface area contributed by atoms with Gasteiger partial charge in [0.15, 0.2) is 11.5 Å². The minimum absolute atomic E-state index is 0.0934. The quantitative estimate of drug-likeness (QED) is 0.253. The van der Waals surface area contributed by atoms with Gasteiger partial charge in [0.2, 0.25) is 0 Å². The van der Waals surface area contributed by atoms with E-state index < -0.39 is 11.6 Å². The molecule has 4 rings (SSSR count). The number of hydrogen-bond acceptors (Lipinski definition) is 6. The first-order valence-corrected chi connectivity index (χ1v) is 11.2. The molecule has 0 aliphatic rings. The van der Waals surface area contributed by atoms with Gasteiger partial charge in [0.25, 0.3) is 0 Å². The fraction of sp³-hybridized carbons (Fsp3) is 0.0690. The van der Waals surface area contributed by atoms with Crippen molar-refractivity contribution in [2.45, 2.75) is 6.61 Å². The summed E-state index contributed by atoms with van der Waals surface area (Å²) < 4.78 is 38.5. The molecule has 1 aromatic heterocycles. The molecule has 8 heteroatoms. The van der Waals surface area contributed by atoms with Gasteiger partial charge in [0.05, 0.1) is 24.0 Å². The zero-order valence-corrected chi connectivity index (χ0v) is 19.9. The van der Waals surface area contributed by atoms with Gasteiger partial charge in [-0.1, -0.05) is 24.3 Å². The molecule has 4 aromatic rings. The second-order valence-corrected chi connectivity index (χ2v) is 7.73. The monoisotopic (exact) mass is 496 g/mol. The van der Waals surface area contributed by atoms with E-state index in [2.05, 4.69) is 15.3 Å². The maximum Gasteiger partial charge on any atom is 0.168 e. The summed E-state index contributed by atoms with van der Waals surface area (Å²) in [6.45, 7) is -0.0934. The Bertz CT molecular complexity index is 1480. The summed E-state index contributed by atoms with van der Waals surface area (Å²) in [7, 11) is 1.52. The number of ether oxygens (including phenoxy) is 2. The summed E-state index contributed by atoms with van der Waals surface area (Å²) in [5, 5.41) is 12.1. The third kappa shape index (κ3) is 6.55. The number of methoxy groups -OCH3 is 1. The number of nitrogens with one attached hydrogen (secondary N) is 1. The number of nitrogens with zero attached hydrogens (tertiary/aromatic N) is 3. The average Bonchev–Trinajstić information content (AvgIpc) is 2.92. The van der Waals surface area contributed by atoms with Gasteiger partial charge < -0.3 is 14.8 Å². The fourth-order valence-electron chi connectivity index (χ4n) is 3.40. The Kier molecular flexibility index (Phi) is 8.19. The number of halogens is 2. The lowest BCUT2D eigenvalue weighted by Crippen LogP contribution is -2.02. The van der Waals surface area contributed by atoms with Crippen molar-refractivity contribution in [3.05, 3.63) is 113 Å². The number of allylic oxidation sites excluding steroid dienone is 1. The van der Waals surface area contributed by atoms with Crippen molar-refractivity contribution >= 4 is 29.5 Å². The lowest BCUT2D eigenvalue weighted by molar-refractivity contribution is 0.279. The molecule has 0 spiro atoms. The average molecular weight is 497 g/mol. The zero-order valence-electron chi connectivity index (χ0n) is 19.9. The minimum Gasteiger partial charge on any atom is -0.493 e. The molecule has 0 saturated heterocycles. The van der Waals surface area contributed by atoms with Crippen molar-refractivity contribution in [3.63, 3.8) is 0 Å². The molecule has 0 radical (unpaired) electrons. The molecule has 6 nitrogen and oxygen atoms in total. The van der Waals surface area contributed by atoms with Crippen LogP contribution in [0.1, 0.15) is 16.7 Å². The lowest BCUT2D eigenvalue weighted by atomic mass is 10.1. The van der Waals surface area contributed by atoms with E-state index in [4.69, 9.17) is 14.7 Å². The summed E-state index contributed by atoms with van der Waals surface area (Å²) in [4.78, 5) is 8.76. The standard InChI is InChI=1S/C29H22F2N4O2/c1-36-27-10-4-6-21(29(27)37-19-22-12-13-23(30)16-24(22)31)7-5-15-33-25-8-2-3-9-26(25)35-28-14-11-20(17-32)18-34-28/h2-16,18H,19H2,1H3,(H,34,35). The van der Waals surface area contributed by atoms with Crippen molar-refractivity contribution < 1.29 is 18.3 Å². The van der Waals surface area contributed by atoms with Crippen LogP contribution in [0, 0.1) is 23.0 Å². The third-order valence-electron chi connectivity index (χ3n) is 5.25. The Morgan fingerprint density at radius 1 is 1.05 bits per heavy atom. The molecule has 1 N–H and O–H groups in total. The summed E-state index contributed by atoms with van der Waals surface area (Å²) in [5.41, 5.74) is 2.83. The van der Waals surface area contributed by atoms with E-state index in [-0.39, 0.29) is 12.2 Å². The maximum absolute atomic E-state index is 14.0. The van der Waals surface area contributed by atoms with E-state index in [1.807, 2.05) is 42.5 Å². The number of anilines is 2. The van der Waals surface area contributed by atoms with Gasteiger partial charge >= 0.3 is 0 Å². The minimum atomic E-state index is -0.678. The van der Waals surface area contributed by atoms with Gasteiger partial charge in [-0.05, 0) is 54.6 Å². The van der Waals surface area contributed by atoms with E-state index >= 15 is 0 Å². The number of benzene rings is 3. The van der Waals surface area contributed by atoms with Gasteiger partial charge in [0.1, 0.15) is 30.1 Å². The normalized spacial score (nSPS) is 11.0. The SMILES string of the molecule is COc1cccc(C=CC=Nc2ccccc2Nc2ccc(C#N)cn2)c1OCc1ccc(F)cc1F. The van der Waals surface area contributed by atoms with Crippen molar-refractivity contribution in [2.24, 2.45) is 4.99 Å². The van der Waals surface area contributed by atoms with E-state index in [0.29, 0.717) is 34.1 Å². The summed E-state index contributed by atoms with van der Waals surface area (Å²) in [5.74, 6) is 0.167. The molecule has 0 bridgehead atoms. The van der Waals surface area contributed by atoms with E-state index in [1.165, 1.54) is 25.4 Å². The van der Waals surface area contributed by atoms with Crippen LogP contribution in [-0.2, 0) is 6.61 Å². The van der Waals surface area contributed by atoms with Gasteiger partial charge in [-0.25, -0.2) is 13.8 Å². The molecule has 1 heterocycles. The molecular formula is C29H22F2N4O2. The molecule has 0 fully saturated rings. The second-order valence-electron chi connectivity index (χ2n) is 7.73. The number of pyridine rings is 1. The third-order valence-corrected chi connectivity index (χ3v) is 5.25. The van der Waals surface area contributed by atoms with Crippen LogP contribution in [-0.4, -0.2) is 18.3 Å². The number of para-hydroxylation sites is 3. The van der Waals surface area contributed by atoms with Gasteiger partial charge in [0, 0.05) is 29.6 Å². The first kappa shape index (κ1) is 25.1. The largest absolute Gasteiger partial charge is 0.493 e. The van der Waals surface area contributed by atoms with Crippen molar-refractivity contribution in [1.82, 2.24) is 4.98 Å². The highest BCUT2D eigenvalue weighted by atomic mass is 19.1. The Morgan fingerprint density at radius 3 is 2.68 bits per heavy atom. The molecule has 0 unspecified atom stereocenters. The number of rotatable bonds is 9. The molecule has 0 aliphatic carbocycles. The number of aliphatic imine (C=N–C) groups is 1. The summed E-state index contributed by atoms with van der Waals surface area (Å²) in [6.07, 6.45) is 6.67. The Balaban J connectivity index is 1.50. The van der Waals surface area contributed by atoms with Crippen LogP contribution in [0.2, 0.25) is 0 Å². The summed E-state index contributed by atoms with van der Waals surface area (Å²) >= 11 is 0. The van der Waals surface area contributed by atoms with Crippen LogP contribution in [0.15, 0.2) is 90.1 Å². The van der Waals surface area contributed by atoms with E-state index in [9.17, 15) is 8.78 Å². The first-order chi connectivity index (χ1) is 18.1. The van der Waals surface area contributed by atoms with E-state index in [0.717, 1.165) is 11.8 Å². The van der Waals surface area contributed by atoms with Crippen LogP contribution < -0.4 is 14.8 Å². The molecule has 0 amide bonds.